The van der Waals surface area contributed by atoms with Gasteiger partial charge >= 0.3 is 11.9 Å². The first-order valence-corrected chi connectivity index (χ1v) is 9.95. The van der Waals surface area contributed by atoms with E-state index in [1.165, 1.54) is 0 Å². The van der Waals surface area contributed by atoms with Crippen LogP contribution in [0.2, 0.25) is 0 Å². The number of likely N-dealkylation sites (N-methyl/N-ethyl adjacent to an activating group) is 1. The standard InChI is InChI=1S/C21H23NO8/c1-22-7-6-20-16-10-2-3-11(23)17(16)30-18(20)13(4-5-21(20,28)14(22)8-10)29-19(27)12(24)9-15(25)26/h2-4,12,14,18,23-24,28H,5-9H2,1H3,(H,25,26)/t12-,14+,18-,20-,21+/m0/s1. The maximum absolute atomic E-state index is 12.3. The fourth-order valence-corrected chi connectivity index (χ4v) is 5.87. The molecule has 4 N–H and O–H groups in total. The molecule has 0 aromatic heterocycles. The van der Waals surface area contributed by atoms with Crippen molar-refractivity contribution in [1.82, 2.24) is 4.90 Å². The van der Waals surface area contributed by atoms with Crippen molar-refractivity contribution in [3.63, 3.8) is 0 Å². The van der Waals surface area contributed by atoms with E-state index < -0.39 is 41.6 Å². The lowest BCUT2D eigenvalue weighted by atomic mass is 9.50. The molecule has 2 heterocycles. The van der Waals surface area contributed by atoms with Gasteiger partial charge in [-0.1, -0.05) is 6.07 Å². The summed E-state index contributed by atoms with van der Waals surface area (Å²) in [6.45, 7) is 0.685. The maximum atomic E-state index is 12.3. The number of carboxylic acids is 1. The number of rotatable bonds is 4. The number of hydrogen-bond acceptors (Lipinski definition) is 8. The predicted molar refractivity (Wildman–Crippen MR) is 101 cm³/mol. The molecule has 30 heavy (non-hydrogen) atoms. The molecular weight excluding hydrogens is 394 g/mol. The number of carboxylic acid groups (broad SMARTS) is 1. The Balaban J connectivity index is 1.60. The highest BCUT2D eigenvalue weighted by Gasteiger charge is 2.72. The number of aliphatic carboxylic acids is 1. The highest BCUT2D eigenvalue weighted by Crippen LogP contribution is 2.65. The number of phenolic OH excluding ortho intramolecular Hbond substituents is 1. The molecule has 9 nitrogen and oxygen atoms in total. The van der Waals surface area contributed by atoms with Crippen molar-refractivity contribution in [2.75, 3.05) is 13.6 Å². The first kappa shape index (κ1) is 19.3. The number of piperidine rings is 1. The number of aliphatic hydroxyl groups excluding tert-OH is 1. The number of esters is 1. The van der Waals surface area contributed by atoms with E-state index in [1.54, 1.807) is 12.1 Å². The molecule has 2 bridgehead atoms. The molecule has 0 unspecified atom stereocenters. The number of carbonyl (C=O) groups excluding carboxylic acids is 1. The Morgan fingerprint density at radius 3 is 2.90 bits per heavy atom. The number of carbonyl (C=O) groups is 2. The zero-order valence-corrected chi connectivity index (χ0v) is 16.4. The largest absolute Gasteiger partial charge is 0.504 e. The van der Waals surface area contributed by atoms with E-state index in [1.807, 2.05) is 13.1 Å². The van der Waals surface area contributed by atoms with E-state index in [-0.39, 0.29) is 29.7 Å². The Hall–Kier alpha value is -2.62. The molecular formula is C21H23NO8. The van der Waals surface area contributed by atoms with E-state index in [9.17, 15) is 24.9 Å². The number of benzene rings is 1. The second-order valence-electron chi connectivity index (χ2n) is 8.64. The summed E-state index contributed by atoms with van der Waals surface area (Å²) in [5, 5.41) is 41.0. The van der Waals surface area contributed by atoms with Crippen LogP contribution in [-0.4, -0.2) is 74.7 Å². The fourth-order valence-electron chi connectivity index (χ4n) is 5.87. The third-order valence-corrected chi connectivity index (χ3v) is 7.21. The number of nitrogens with zero attached hydrogens (tertiary/aromatic N) is 1. The summed E-state index contributed by atoms with van der Waals surface area (Å²) < 4.78 is 11.5. The average Bonchev–Trinajstić information content (AvgIpc) is 3.04. The fraction of sp³-hybridized carbons (Fsp3) is 0.524. The van der Waals surface area contributed by atoms with Crippen LogP contribution in [0.5, 0.6) is 11.5 Å². The number of aliphatic hydroxyl groups is 2. The van der Waals surface area contributed by atoms with Crippen LogP contribution in [0.1, 0.15) is 30.4 Å². The van der Waals surface area contributed by atoms with Gasteiger partial charge in [-0.15, -0.1) is 0 Å². The summed E-state index contributed by atoms with van der Waals surface area (Å²) in [6.07, 6.45) is -0.542. The molecule has 0 radical (unpaired) electrons. The SMILES string of the molecule is CN1CC[C@]23c4c5ccc(O)c4O[C@H]2C(OC(=O)[C@@H](O)CC(=O)O)=CC[C@@]3(O)[C@H]1C5. The van der Waals surface area contributed by atoms with Crippen molar-refractivity contribution in [1.29, 1.82) is 0 Å². The summed E-state index contributed by atoms with van der Waals surface area (Å²) in [6, 6.07) is 3.23. The second kappa shape index (κ2) is 6.19. The first-order valence-electron chi connectivity index (χ1n) is 9.95. The molecule has 0 saturated carbocycles. The molecule has 1 aromatic carbocycles. The Labute approximate surface area is 172 Å². The van der Waals surface area contributed by atoms with E-state index in [4.69, 9.17) is 14.6 Å². The molecule has 1 saturated heterocycles. The number of aromatic hydroxyl groups is 1. The van der Waals surface area contributed by atoms with Gasteiger partial charge in [0.1, 0.15) is 5.76 Å². The van der Waals surface area contributed by atoms with Crippen molar-refractivity contribution in [3.8, 4) is 11.5 Å². The maximum Gasteiger partial charge on any atom is 0.340 e. The Morgan fingerprint density at radius 1 is 1.40 bits per heavy atom. The number of hydrogen-bond donors (Lipinski definition) is 4. The summed E-state index contributed by atoms with van der Waals surface area (Å²) in [5.41, 5.74) is -0.364. The van der Waals surface area contributed by atoms with Crippen LogP contribution in [0, 0.1) is 0 Å². The lowest BCUT2D eigenvalue weighted by Crippen LogP contribution is -2.74. The molecule has 5 rings (SSSR count). The molecule has 2 aliphatic heterocycles. The van der Waals surface area contributed by atoms with Crippen molar-refractivity contribution < 1.29 is 39.5 Å². The number of likely N-dealkylation sites (tertiary alicyclic amines) is 1. The van der Waals surface area contributed by atoms with Gasteiger partial charge in [-0.25, -0.2) is 4.79 Å². The van der Waals surface area contributed by atoms with Crippen LogP contribution in [0.3, 0.4) is 0 Å². The van der Waals surface area contributed by atoms with E-state index >= 15 is 0 Å². The quantitative estimate of drug-likeness (QED) is 0.501. The summed E-state index contributed by atoms with van der Waals surface area (Å²) >= 11 is 0. The van der Waals surface area contributed by atoms with Crippen LogP contribution in [0.15, 0.2) is 24.0 Å². The normalized spacial score (nSPS) is 34.4. The summed E-state index contributed by atoms with van der Waals surface area (Å²) in [7, 11) is 1.97. The van der Waals surface area contributed by atoms with Crippen molar-refractivity contribution >= 4 is 11.9 Å². The van der Waals surface area contributed by atoms with E-state index in [2.05, 4.69) is 4.90 Å². The van der Waals surface area contributed by atoms with Crippen molar-refractivity contribution in [3.05, 3.63) is 35.1 Å². The van der Waals surface area contributed by atoms with Crippen molar-refractivity contribution in [2.45, 2.75) is 54.9 Å². The lowest BCUT2D eigenvalue weighted by Gasteiger charge is -2.61. The Bertz CT molecular complexity index is 989. The minimum absolute atomic E-state index is 0.0474. The summed E-state index contributed by atoms with van der Waals surface area (Å²) in [5.74, 6) is -2.05. The molecule has 160 valence electrons. The first-order chi connectivity index (χ1) is 14.2. The predicted octanol–water partition coefficient (Wildman–Crippen LogP) is 0.0487. The molecule has 1 spiro atoms. The molecule has 2 aliphatic carbocycles. The highest BCUT2D eigenvalue weighted by atomic mass is 16.6. The minimum atomic E-state index is -1.81. The molecule has 5 atom stereocenters. The van der Waals surface area contributed by atoms with E-state index in [0.29, 0.717) is 19.4 Å². The molecule has 1 aromatic rings. The molecule has 4 aliphatic rings. The zero-order chi connectivity index (χ0) is 21.4. The molecule has 1 fully saturated rings. The van der Waals surface area contributed by atoms with Crippen LogP contribution < -0.4 is 4.74 Å². The van der Waals surface area contributed by atoms with Gasteiger partial charge in [-0.05, 0) is 44.1 Å². The van der Waals surface area contributed by atoms with Crippen molar-refractivity contribution in [2.24, 2.45) is 0 Å². The van der Waals surface area contributed by atoms with Gasteiger partial charge in [0.25, 0.3) is 0 Å². The van der Waals surface area contributed by atoms with E-state index in [0.717, 1.165) is 11.1 Å². The van der Waals surface area contributed by atoms with Gasteiger partial charge in [0.05, 0.1) is 17.4 Å². The lowest BCUT2D eigenvalue weighted by molar-refractivity contribution is -0.173. The monoisotopic (exact) mass is 417 g/mol. The number of ether oxygens (including phenoxy) is 2. The van der Waals surface area contributed by atoms with Crippen LogP contribution >= 0.6 is 0 Å². The average molecular weight is 417 g/mol. The Kier molecular flexibility index (Phi) is 3.99. The zero-order valence-electron chi connectivity index (χ0n) is 16.4. The minimum Gasteiger partial charge on any atom is -0.504 e. The smallest absolute Gasteiger partial charge is 0.340 e. The molecule has 0 amide bonds. The topological polar surface area (TPSA) is 137 Å². The van der Waals surface area contributed by atoms with Gasteiger partial charge in [-0.3, -0.25) is 4.79 Å². The van der Waals surface area contributed by atoms with Gasteiger partial charge < -0.3 is 34.8 Å². The van der Waals surface area contributed by atoms with Gasteiger partial charge in [0.15, 0.2) is 23.7 Å². The van der Waals surface area contributed by atoms with Gasteiger partial charge in [-0.2, -0.15) is 0 Å². The molecule has 9 heteroatoms. The van der Waals surface area contributed by atoms with Crippen LogP contribution in [-0.2, 0) is 26.2 Å². The second-order valence-corrected chi connectivity index (χ2v) is 8.64. The third kappa shape index (κ3) is 2.28. The van der Waals surface area contributed by atoms with Gasteiger partial charge in [0, 0.05) is 18.0 Å². The summed E-state index contributed by atoms with van der Waals surface area (Å²) in [4.78, 5) is 25.2. The van der Waals surface area contributed by atoms with Gasteiger partial charge in [0.2, 0.25) is 0 Å². The van der Waals surface area contributed by atoms with Crippen LogP contribution in [0.25, 0.3) is 0 Å². The number of phenols is 1. The third-order valence-electron chi connectivity index (χ3n) is 7.21. The van der Waals surface area contributed by atoms with Crippen LogP contribution in [0.4, 0.5) is 0 Å². The Morgan fingerprint density at radius 2 is 2.17 bits per heavy atom. The highest BCUT2D eigenvalue weighted by molar-refractivity contribution is 5.81.